The largest absolute Gasteiger partial charge is 0.381 e. The number of nitrogens with zero attached hydrogens (tertiary/aromatic N) is 3. The standard InChI is InChI=1S/C8H12FN3O3S/c1-12-7(5-3-6(4-5)15-2)10-11-8(12)16(9,13)14/h5-6H,3-4H2,1-2H3. The lowest BCUT2D eigenvalue weighted by atomic mass is 9.81. The van der Waals surface area contributed by atoms with Crippen molar-refractivity contribution in [2.45, 2.75) is 30.0 Å². The maximum Gasteiger partial charge on any atom is 0.368 e. The first-order valence-electron chi connectivity index (χ1n) is 4.80. The Kier molecular flexibility index (Phi) is 2.70. The van der Waals surface area contributed by atoms with Crippen LogP contribution in [0.4, 0.5) is 3.89 Å². The van der Waals surface area contributed by atoms with E-state index < -0.39 is 15.4 Å². The molecule has 0 amide bonds. The molecule has 0 radical (unpaired) electrons. The maximum atomic E-state index is 12.7. The van der Waals surface area contributed by atoms with E-state index in [0.717, 1.165) is 12.8 Å². The summed E-state index contributed by atoms with van der Waals surface area (Å²) in [5.41, 5.74) is 0. The second kappa shape index (κ2) is 3.77. The van der Waals surface area contributed by atoms with Crippen molar-refractivity contribution < 1.29 is 17.0 Å². The molecule has 1 aromatic rings. The fourth-order valence-corrected chi connectivity index (χ4v) is 2.42. The molecule has 6 nitrogen and oxygen atoms in total. The van der Waals surface area contributed by atoms with E-state index in [9.17, 15) is 12.3 Å². The van der Waals surface area contributed by atoms with Crippen molar-refractivity contribution >= 4 is 10.2 Å². The van der Waals surface area contributed by atoms with Crippen molar-refractivity contribution in [3.8, 4) is 0 Å². The van der Waals surface area contributed by atoms with Gasteiger partial charge in [-0.25, -0.2) is 0 Å². The number of hydrogen-bond acceptors (Lipinski definition) is 5. The van der Waals surface area contributed by atoms with Gasteiger partial charge in [0.2, 0.25) is 0 Å². The highest BCUT2D eigenvalue weighted by molar-refractivity contribution is 7.86. The topological polar surface area (TPSA) is 74.1 Å². The molecule has 1 aromatic heterocycles. The number of methoxy groups -OCH3 is 1. The summed E-state index contributed by atoms with van der Waals surface area (Å²) in [6.07, 6.45) is 1.69. The number of ether oxygens (including phenoxy) is 1. The molecule has 0 aromatic carbocycles. The Hall–Kier alpha value is -1.02. The van der Waals surface area contributed by atoms with Gasteiger partial charge in [0.15, 0.2) is 0 Å². The minimum Gasteiger partial charge on any atom is -0.381 e. The van der Waals surface area contributed by atoms with Crippen LogP contribution in [-0.4, -0.2) is 36.4 Å². The van der Waals surface area contributed by atoms with Gasteiger partial charge in [-0.15, -0.1) is 10.2 Å². The van der Waals surface area contributed by atoms with Crippen molar-refractivity contribution in [3.05, 3.63) is 5.82 Å². The molecule has 2 rings (SSSR count). The summed E-state index contributed by atoms with van der Waals surface area (Å²) < 4.78 is 40.4. The molecule has 8 heteroatoms. The molecule has 1 aliphatic rings. The Bertz CT molecular complexity index is 493. The SMILES string of the molecule is COC1CC(c2nnc(S(=O)(=O)F)n2C)C1. The Balaban J connectivity index is 2.23. The van der Waals surface area contributed by atoms with Crippen LogP contribution in [-0.2, 0) is 22.0 Å². The van der Waals surface area contributed by atoms with E-state index in [1.807, 2.05) is 0 Å². The average molecular weight is 249 g/mol. The van der Waals surface area contributed by atoms with Crippen molar-refractivity contribution in [2.24, 2.45) is 7.05 Å². The lowest BCUT2D eigenvalue weighted by molar-refractivity contribution is 0.0228. The highest BCUT2D eigenvalue weighted by Gasteiger charge is 2.35. The van der Waals surface area contributed by atoms with E-state index in [4.69, 9.17) is 4.74 Å². The predicted molar refractivity (Wildman–Crippen MR) is 52.1 cm³/mol. The average Bonchev–Trinajstić information content (AvgIpc) is 2.45. The molecule has 90 valence electrons. The minimum absolute atomic E-state index is 0.0953. The molecule has 0 bridgehead atoms. The molecular weight excluding hydrogens is 237 g/mol. The van der Waals surface area contributed by atoms with E-state index in [2.05, 4.69) is 10.2 Å². The summed E-state index contributed by atoms with van der Waals surface area (Å²) in [5.74, 6) is 0.586. The highest BCUT2D eigenvalue weighted by atomic mass is 32.3. The summed E-state index contributed by atoms with van der Waals surface area (Å²) in [6, 6.07) is 0. The Labute approximate surface area is 92.6 Å². The molecule has 1 aliphatic carbocycles. The minimum atomic E-state index is -4.79. The van der Waals surface area contributed by atoms with E-state index in [-0.39, 0.29) is 12.0 Å². The van der Waals surface area contributed by atoms with Gasteiger partial charge in [-0.3, -0.25) is 0 Å². The number of aromatic nitrogens is 3. The Morgan fingerprint density at radius 3 is 2.50 bits per heavy atom. The zero-order valence-electron chi connectivity index (χ0n) is 8.92. The first kappa shape index (κ1) is 11.5. The van der Waals surface area contributed by atoms with E-state index in [0.29, 0.717) is 5.82 Å². The van der Waals surface area contributed by atoms with Crippen molar-refractivity contribution in [1.29, 1.82) is 0 Å². The summed E-state index contributed by atoms with van der Waals surface area (Å²) in [7, 11) is -1.72. The molecule has 0 atom stereocenters. The number of hydrogen-bond donors (Lipinski definition) is 0. The lowest BCUT2D eigenvalue weighted by Crippen LogP contribution is -2.30. The summed E-state index contributed by atoms with van der Waals surface area (Å²) in [6.45, 7) is 0. The zero-order chi connectivity index (χ0) is 11.9. The number of rotatable bonds is 3. The van der Waals surface area contributed by atoms with Gasteiger partial charge >= 0.3 is 10.2 Å². The second-order valence-corrected chi connectivity index (χ2v) is 5.10. The van der Waals surface area contributed by atoms with Gasteiger partial charge in [0.25, 0.3) is 5.16 Å². The van der Waals surface area contributed by atoms with Crippen LogP contribution in [0.25, 0.3) is 0 Å². The van der Waals surface area contributed by atoms with Crippen molar-refractivity contribution in [1.82, 2.24) is 14.8 Å². The quantitative estimate of drug-likeness (QED) is 0.723. The Morgan fingerprint density at radius 2 is 2.06 bits per heavy atom. The van der Waals surface area contributed by atoms with Gasteiger partial charge in [0.1, 0.15) is 5.82 Å². The molecule has 1 fully saturated rings. The normalized spacial score (nSPS) is 25.4. The molecule has 0 N–H and O–H groups in total. The fraction of sp³-hybridized carbons (Fsp3) is 0.750. The van der Waals surface area contributed by atoms with Gasteiger partial charge in [-0.2, -0.15) is 8.42 Å². The fourth-order valence-electron chi connectivity index (χ4n) is 1.86. The van der Waals surface area contributed by atoms with Gasteiger partial charge in [-0.05, 0) is 12.8 Å². The first-order chi connectivity index (χ1) is 7.43. The van der Waals surface area contributed by atoms with Crippen molar-refractivity contribution in [2.75, 3.05) is 7.11 Å². The van der Waals surface area contributed by atoms with Crippen LogP contribution in [0.2, 0.25) is 0 Å². The molecule has 0 spiro atoms. The van der Waals surface area contributed by atoms with Crippen LogP contribution < -0.4 is 0 Å². The van der Waals surface area contributed by atoms with Crippen LogP contribution in [0, 0.1) is 0 Å². The third-order valence-corrected chi connectivity index (χ3v) is 3.67. The molecule has 0 unspecified atom stereocenters. The van der Waals surface area contributed by atoms with Crippen LogP contribution in [0.3, 0.4) is 0 Å². The van der Waals surface area contributed by atoms with Crippen LogP contribution in [0.15, 0.2) is 5.16 Å². The maximum absolute atomic E-state index is 12.7. The smallest absolute Gasteiger partial charge is 0.368 e. The van der Waals surface area contributed by atoms with Crippen LogP contribution >= 0.6 is 0 Å². The summed E-state index contributed by atoms with van der Waals surface area (Å²) in [5, 5.41) is 6.43. The second-order valence-electron chi connectivity index (χ2n) is 3.86. The van der Waals surface area contributed by atoms with Crippen LogP contribution in [0.1, 0.15) is 24.6 Å². The lowest BCUT2D eigenvalue weighted by Gasteiger charge is -2.32. The van der Waals surface area contributed by atoms with Crippen molar-refractivity contribution in [3.63, 3.8) is 0 Å². The summed E-state index contributed by atoms with van der Waals surface area (Å²) in [4.78, 5) is 0. The van der Waals surface area contributed by atoms with Gasteiger partial charge in [0.05, 0.1) is 6.10 Å². The zero-order valence-corrected chi connectivity index (χ0v) is 9.74. The molecule has 0 saturated heterocycles. The van der Waals surface area contributed by atoms with Gasteiger partial charge < -0.3 is 9.30 Å². The predicted octanol–water partition coefficient (Wildman–Crippen LogP) is 0.366. The molecule has 1 saturated carbocycles. The third kappa shape index (κ3) is 1.82. The molecule has 0 aliphatic heterocycles. The third-order valence-electron chi connectivity index (χ3n) is 2.88. The van der Waals surface area contributed by atoms with Gasteiger partial charge in [0, 0.05) is 20.1 Å². The Morgan fingerprint density at radius 1 is 1.44 bits per heavy atom. The van der Waals surface area contributed by atoms with Gasteiger partial charge in [-0.1, -0.05) is 3.89 Å². The number of halogens is 1. The van der Waals surface area contributed by atoms with E-state index in [1.165, 1.54) is 11.6 Å². The van der Waals surface area contributed by atoms with E-state index in [1.54, 1.807) is 7.11 Å². The highest BCUT2D eigenvalue weighted by Crippen LogP contribution is 2.37. The summed E-state index contributed by atoms with van der Waals surface area (Å²) >= 11 is 0. The molecule has 1 heterocycles. The van der Waals surface area contributed by atoms with Crippen LogP contribution in [0.5, 0.6) is 0 Å². The monoisotopic (exact) mass is 249 g/mol. The van der Waals surface area contributed by atoms with E-state index >= 15 is 0 Å². The first-order valence-corrected chi connectivity index (χ1v) is 6.18. The molecule has 16 heavy (non-hydrogen) atoms. The molecular formula is C8H12FN3O3S.